The Bertz CT molecular complexity index is 72.6. The number of hydrogen-bond donors (Lipinski definition) is 1. The summed E-state index contributed by atoms with van der Waals surface area (Å²) in [5.74, 6) is 0.473. The molecule has 1 unspecified atom stereocenters. The molecule has 0 aromatic carbocycles. The van der Waals surface area contributed by atoms with E-state index < -0.39 is 0 Å². The molecular weight excluding hydrogens is 112 g/mol. The molecule has 0 aliphatic heterocycles. The van der Waals surface area contributed by atoms with Crippen LogP contribution in [0.25, 0.3) is 0 Å². The zero-order valence-electron chi connectivity index (χ0n) is 6.30. The summed E-state index contributed by atoms with van der Waals surface area (Å²) in [6.07, 6.45) is 6.22. The lowest BCUT2D eigenvalue weighted by atomic mass is 10.0. The zero-order chi connectivity index (χ0) is 7.11. The lowest BCUT2D eigenvalue weighted by Gasteiger charge is -2.05. The highest BCUT2D eigenvalue weighted by atomic mass is 16.3. The molecule has 54 valence electrons. The standard InChI is InChI=1S/C8H16O/c1-3-5-6-8(4-2)7-9/h3,5,8-9H,4,6-7H2,1-2H3. The van der Waals surface area contributed by atoms with Gasteiger partial charge in [0.2, 0.25) is 0 Å². The number of rotatable bonds is 4. The van der Waals surface area contributed by atoms with Crippen LogP contribution in [0.3, 0.4) is 0 Å². The van der Waals surface area contributed by atoms with Gasteiger partial charge in [-0.25, -0.2) is 0 Å². The van der Waals surface area contributed by atoms with Crippen LogP contribution in [0.1, 0.15) is 26.7 Å². The van der Waals surface area contributed by atoms with Gasteiger partial charge in [-0.1, -0.05) is 25.5 Å². The van der Waals surface area contributed by atoms with Gasteiger partial charge in [-0.2, -0.15) is 0 Å². The van der Waals surface area contributed by atoms with Gasteiger partial charge in [-0.15, -0.1) is 0 Å². The second kappa shape index (κ2) is 5.83. The summed E-state index contributed by atoms with van der Waals surface area (Å²) in [4.78, 5) is 0. The second-order valence-electron chi connectivity index (χ2n) is 2.26. The first kappa shape index (κ1) is 8.70. The van der Waals surface area contributed by atoms with Gasteiger partial charge >= 0.3 is 0 Å². The van der Waals surface area contributed by atoms with E-state index in [4.69, 9.17) is 5.11 Å². The van der Waals surface area contributed by atoms with Crippen molar-refractivity contribution in [2.45, 2.75) is 26.7 Å². The Kier molecular flexibility index (Phi) is 5.64. The zero-order valence-corrected chi connectivity index (χ0v) is 6.30. The average Bonchev–Trinajstić information content (AvgIpc) is 1.91. The Balaban J connectivity index is 3.31. The first-order valence-electron chi connectivity index (χ1n) is 3.57. The molecule has 1 nitrogen and oxygen atoms in total. The van der Waals surface area contributed by atoms with Crippen molar-refractivity contribution in [2.24, 2.45) is 5.92 Å². The molecule has 1 N–H and O–H groups in total. The van der Waals surface area contributed by atoms with Crippen LogP contribution in [-0.4, -0.2) is 11.7 Å². The monoisotopic (exact) mass is 128 g/mol. The molecule has 1 heteroatoms. The summed E-state index contributed by atoms with van der Waals surface area (Å²) < 4.78 is 0. The molecule has 0 aromatic heterocycles. The number of aliphatic hydroxyl groups is 1. The molecule has 0 heterocycles. The van der Waals surface area contributed by atoms with E-state index in [0.717, 1.165) is 12.8 Å². The van der Waals surface area contributed by atoms with Crippen molar-refractivity contribution in [3.63, 3.8) is 0 Å². The van der Waals surface area contributed by atoms with E-state index in [2.05, 4.69) is 13.0 Å². The van der Waals surface area contributed by atoms with E-state index in [1.807, 2.05) is 13.0 Å². The quantitative estimate of drug-likeness (QED) is 0.574. The van der Waals surface area contributed by atoms with Gasteiger partial charge in [-0.3, -0.25) is 0 Å². The molecular formula is C8H16O. The van der Waals surface area contributed by atoms with Gasteiger partial charge in [0.25, 0.3) is 0 Å². The fourth-order valence-electron chi connectivity index (χ4n) is 0.699. The smallest absolute Gasteiger partial charge is 0.0462 e. The summed E-state index contributed by atoms with van der Waals surface area (Å²) in [5.41, 5.74) is 0. The molecule has 0 rings (SSSR count). The Morgan fingerprint density at radius 3 is 2.56 bits per heavy atom. The number of hydrogen-bond acceptors (Lipinski definition) is 1. The van der Waals surface area contributed by atoms with Crippen molar-refractivity contribution in [1.82, 2.24) is 0 Å². The number of allylic oxidation sites excluding steroid dienone is 2. The Hall–Kier alpha value is -0.300. The first-order chi connectivity index (χ1) is 4.35. The van der Waals surface area contributed by atoms with Crippen LogP contribution in [0.2, 0.25) is 0 Å². The summed E-state index contributed by atoms with van der Waals surface area (Å²) in [6.45, 7) is 4.43. The third-order valence-corrected chi connectivity index (χ3v) is 1.54. The largest absolute Gasteiger partial charge is 0.396 e. The third kappa shape index (κ3) is 4.22. The fraction of sp³-hybridized carbons (Fsp3) is 0.750. The highest BCUT2D eigenvalue weighted by Crippen LogP contribution is 2.06. The molecule has 0 amide bonds. The molecule has 0 saturated carbocycles. The summed E-state index contributed by atoms with van der Waals surface area (Å²) in [6, 6.07) is 0. The van der Waals surface area contributed by atoms with E-state index in [9.17, 15) is 0 Å². The Morgan fingerprint density at radius 1 is 1.56 bits per heavy atom. The maximum Gasteiger partial charge on any atom is 0.0462 e. The van der Waals surface area contributed by atoms with Crippen LogP contribution in [0.4, 0.5) is 0 Å². The molecule has 0 aliphatic rings. The molecule has 0 fully saturated rings. The van der Waals surface area contributed by atoms with Crippen LogP contribution < -0.4 is 0 Å². The van der Waals surface area contributed by atoms with E-state index in [-0.39, 0.29) is 0 Å². The van der Waals surface area contributed by atoms with Gasteiger partial charge in [0, 0.05) is 6.61 Å². The molecule has 0 spiro atoms. The van der Waals surface area contributed by atoms with E-state index in [1.165, 1.54) is 0 Å². The van der Waals surface area contributed by atoms with Gasteiger partial charge in [0.15, 0.2) is 0 Å². The maximum absolute atomic E-state index is 8.72. The van der Waals surface area contributed by atoms with Crippen LogP contribution in [0.5, 0.6) is 0 Å². The Labute approximate surface area is 57.4 Å². The van der Waals surface area contributed by atoms with Gasteiger partial charge in [-0.05, 0) is 19.3 Å². The van der Waals surface area contributed by atoms with Crippen molar-refractivity contribution >= 4 is 0 Å². The normalized spacial score (nSPS) is 14.6. The predicted molar refractivity (Wildman–Crippen MR) is 40.3 cm³/mol. The SMILES string of the molecule is CC=CCC(CC)CO. The summed E-state index contributed by atoms with van der Waals surface area (Å²) >= 11 is 0. The molecule has 0 aromatic rings. The first-order valence-corrected chi connectivity index (χ1v) is 3.57. The summed E-state index contributed by atoms with van der Waals surface area (Å²) in [7, 11) is 0. The van der Waals surface area contributed by atoms with Crippen LogP contribution in [0, 0.1) is 5.92 Å². The van der Waals surface area contributed by atoms with Gasteiger partial charge < -0.3 is 5.11 Å². The second-order valence-corrected chi connectivity index (χ2v) is 2.26. The fourth-order valence-corrected chi connectivity index (χ4v) is 0.699. The molecule has 1 atom stereocenters. The third-order valence-electron chi connectivity index (χ3n) is 1.54. The highest BCUT2D eigenvalue weighted by Gasteiger charge is 1.99. The van der Waals surface area contributed by atoms with Crippen molar-refractivity contribution in [3.8, 4) is 0 Å². The molecule has 0 bridgehead atoms. The summed E-state index contributed by atoms with van der Waals surface area (Å²) in [5, 5.41) is 8.72. The molecule has 0 radical (unpaired) electrons. The van der Waals surface area contributed by atoms with E-state index >= 15 is 0 Å². The van der Waals surface area contributed by atoms with Crippen molar-refractivity contribution < 1.29 is 5.11 Å². The maximum atomic E-state index is 8.72. The van der Waals surface area contributed by atoms with Crippen LogP contribution >= 0.6 is 0 Å². The molecule has 0 saturated heterocycles. The van der Waals surface area contributed by atoms with Crippen LogP contribution in [0.15, 0.2) is 12.2 Å². The molecule has 9 heavy (non-hydrogen) atoms. The number of aliphatic hydroxyl groups excluding tert-OH is 1. The minimum atomic E-state index is 0.320. The van der Waals surface area contributed by atoms with Gasteiger partial charge in [0.05, 0.1) is 0 Å². The van der Waals surface area contributed by atoms with E-state index in [1.54, 1.807) is 0 Å². The lowest BCUT2D eigenvalue weighted by Crippen LogP contribution is -2.01. The van der Waals surface area contributed by atoms with Crippen molar-refractivity contribution in [2.75, 3.05) is 6.61 Å². The van der Waals surface area contributed by atoms with Gasteiger partial charge in [0.1, 0.15) is 0 Å². The topological polar surface area (TPSA) is 20.2 Å². The minimum Gasteiger partial charge on any atom is -0.396 e. The minimum absolute atomic E-state index is 0.320. The molecule has 0 aliphatic carbocycles. The Morgan fingerprint density at radius 2 is 2.22 bits per heavy atom. The van der Waals surface area contributed by atoms with Crippen LogP contribution in [-0.2, 0) is 0 Å². The average molecular weight is 128 g/mol. The van der Waals surface area contributed by atoms with Crippen molar-refractivity contribution in [1.29, 1.82) is 0 Å². The predicted octanol–water partition coefficient (Wildman–Crippen LogP) is 1.97. The lowest BCUT2D eigenvalue weighted by molar-refractivity contribution is 0.224. The van der Waals surface area contributed by atoms with Crippen molar-refractivity contribution in [3.05, 3.63) is 12.2 Å². The van der Waals surface area contributed by atoms with E-state index in [0.29, 0.717) is 12.5 Å². The highest BCUT2D eigenvalue weighted by molar-refractivity contribution is 4.79.